The number of halogens is 2. The van der Waals surface area contributed by atoms with Crippen LogP contribution in [0.4, 0.5) is 5.69 Å². The number of sulfonamides is 1. The van der Waals surface area contributed by atoms with Gasteiger partial charge >= 0.3 is 0 Å². The molecule has 1 amide bonds. The van der Waals surface area contributed by atoms with E-state index in [0.717, 1.165) is 16.0 Å². The molecular weight excluding hydrogens is 419 g/mol. The van der Waals surface area contributed by atoms with Gasteiger partial charge in [0.05, 0.1) is 28.3 Å². The minimum atomic E-state index is -3.91. The lowest BCUT2D eigenvalue weighted by Gasteiger charge is -2.17. The summed E-state index contributed by atoms with van der Waals surface area (Å²) in [5.74, 6) is -0.516. The van der Waals surface area contributed by atoms with Crippen molar-refractivity contribution >= 4 is 67.6 Å². The van der Waals surface area contributed by atoms with Crippen molar-refractivity contribution in [2.24, 2.45) is 0 Å². The molecule has 1 heterocycles. The van der Waals surface area contributed by atoms with Crippen molar-refractivity contribution in [2.45, 2.75) is 4.90 Å². The van der Waals surface area contributed by atoms with Crippen molar-refractivity contribution in [3.63, 3.8) is 0 Å². The molecule has 3 rings (SSSR count). The van der Waals surface area contributed by atoms with E-state index in [1.165, 1.54) is 25.2 Å². The first-order valence-corrected chi connectivity index (χ1v) is 10.1. The fourth-order valence-electron chi connectivity index (χ4n) is 2.22. The van der Waals surface area contributed by atoms with Gasteiger partial charge in [-0.25, -0.2) is 8.42 Å². The monoisotopic (exact) mass is 430 g/mol. The Labute approximate surface area is 163 Å². The zero-order valence-corrected chi connectivity index (χ0v) is 16.5. The maximum absolute atomic E-state index is 12.8. The SMILES string of the molecule is CN(CC(=O)Nc1ccc(Cl)c(Cl)c1)S(=O)(=O)c1cccc2nsnc12. The molecule has 0 saturated carbocycles. The van der Waals surface area contributed by atoms with Gasteiger partial charge in [-0.1, -0.05) is 29.3 Å². The lowest BCUT2D eigenvalue weighted by molar-refractivity contribution is -0.116. The Bertz CT molecular complexity index is 1090. The number of carbonyl (C=O) groups excluding carboxylic acids is 1. The van der Waals surface area contributed by atoms with Crippen LogP contribution >= 0.6 is 34.9 Å². The second kappa shape index (κ2) is 7.45. The van der Waals surface area contributed by atoms with E-state index in [0.29, 0.717) is 16.2 Å². The summed E-state index contributed by atoms with van der Waals surface area (Å²) >= 11 is 12.7. The number of hydrogen-bond acceptors (Lipinski definition) is 6. The molecule has 0 bridgehead atoms. The molecule has 1 aromatic heterocycles. The van der Waals surface area contributed by atoms with Gasteiger partial charge in [-0.15, -0.1) is 0 Å². The van der Waals surface area contributed by atoms with Gasteiger partial charge in [0.25, 0.3) is 0 Å². The van der Waals surface area contributed by atoms with Crippen LogP contribution in [-0.2, 0) is 14.8 Å². The molecule has 7 nitrogen and oxygen atoms in total. The number of aromatic nitrogens is 2. The van der Waals surface area contributed by atoms with Crippen LogP contribution in [0.15, 0.2) is 41.3 Å². The Hall–Kier alpha value is -1.78. The standard InChI is InChI=1S/C15H12Cl2N4O3S2/c1-21(8-14(22)18-9-5-6-10(16)11(17)7-9)26(23,24)13-4-2-3-12-15(13)20-25-19-12/h2-7H,8H2,1H3,(H,18,22). The molecule has 0 saturated heterocycles. The number of hydrogen-bond donors (Lipinski definition) is 1. The zero-order chi connectivity index (χ0) is 18.9. The number of carbonyl (C=O) groups is 1. The number of amides is 1. The lowest BCUT2D eigenvalue weighted by Crippen LogP contribution is -2.35. The van der Waals surface area contributed by atoms with Gasteiger partial charge in [0.2, 0.25) is 15.9 Å². The van der Waals surface area contributed by atoms with E-state index in [1.54, 1.807) is 18.2 Å². The third-order valence-corrected chi connectivity index (χ3v) is 6.62. The van der Waals surface area contributed by atoms with Crippen LogP contribution in [0.25, 0.3) is 11.0 Å². The van der Waals surface area contributed by atoms with Crippen LogP contribution in [-0.4, -0.2) is 41.0 Å². The summed E-state index contributed by atoms with van der Waals surface area (Å²) in [6.45, 7) is -0.378. The maximum atomic E-state index is 12.8. The molecule has 0 aliphatic carbocycles. The van der Waals surface area contributed by atoms with Gasteiger partial charge in [0.1, 0.15) is 15.9 Å². The highest BCUT2D eigenvalue weighted by Gasteiger charge is 2.26. The highest BCUT2D eigenvalue weighted by atomic mass is 35.5. The second-order valence-electron chi connectivity index (χ2n) is 5.33. The van der Waals surface area contributed by atoms with Gasteiger partial charge in [-0.3, -0.25) is 4.79 Å². The summed E-state index contributed by atoms with van der Waals surface area (Å²) in [7, 11) is -2.59. The molecule has 2 aromatic carbocycles. The van der Waals surface area contributed by atoms with Gasteiger partial charge in [-0.05, 0) is 30.3 Å². The highest BCUT2D eigenvalue weighted by molar-refractivity contribution is 7.89. The van der Waals surface area contributed by atoms with Crippen molar-refractivity contribution in [2.75, 3.05) is 18.9 Å². The van der Waals surface area contributed by atoms with Crippen LogP contribution < -0.4 is 5.32 Å². The van der Waals surface area contributed by atoms with Crippen LogP contribution in [0, 0.1) is 0 Å². The smallest absolute Gasteiger partial charge is 0.245 e. The number of rotatable bonds is 5. The Balaban J connectivity index is 1.78. The molecule has 136 valence electrons. The Morgan fingerprint density at radius 2 is 1.96 bits per heavy atom. The topological polar surface area (TPSA) is 92.3 Å². The summed E-state index contributed by atoms with van der Waals surface area (Å²) < 4.78 is 34.6. The molecule has 3 aromatic rings. The number of nitrogens with one attached hydrogen (secondary N) is 1. The van der Waals surface area contributed by atoms with Crippen LogP contribution in [0.1, 0.15) is 0 Å². The first kappa shape index (κ1) is 19.0. The first-order valence-electron chi connectivity index (χ1n) is 7.21. The fraction of sp³-hybridized carbons (Fsp3) is 0.133. The molecule has 0 radical (unpaired) electrons. The molecule has 0 aliphatic rings. The average Bonchev–Trinajstić information content (AvgIpc) is 3.06. The van der Waals surface area contributed by atoms with Crippen LogP contribution in [0.2, 0.25) is 10.0 Å². The van der Waals surface area contributed by atoms with Gasteiger partial charge < -0.3 is 5.32 Å². The van der Waals surface area contributed by atoms with Crippen molar-refractivity contribution in [1.82, 2.24) is 13.1 Å². The molecule has 0 spiro atoms. The van der Waals surface area contributed by atoms with E-state index < -0.39 is 15.9 Å². The van der Waals surface area contributed by atoms with Crippen LogP contribution in [0.5, 0.6) is 0 Å². The Morgan fingerprint density at radius 3 is 2.69 bits per heavy atom. The van der Waals surface area contributed by atoms with E-state index in [2.05, 4.69) is 14.1 Å². The van der Waals surface area contributed by atoms with E-state index in [4.69, 9.17) is 23.2 Å². The molecule has 1 N–H and O–H groups in total. The Kier molecular flexibility index (Phi) is 5.44. The van der Waals surface area contributed by atoms with Crippen LogP contribution in [0.3, 0.4) is 0 Å². The summed E-state index contributed by atoms with van der Waals surface area (Å²) in [4.78, 5) is 12.2. The van der Waals surface area contributed by atoms with Crippen molar-refractivity contribution < 1.29 is 13.2 Å². The minimum Gasteiger partial charge on any atom is -0.325 e. The normalized spacial score (nSPS) is 11.8. The van der Waals surface area contributed by atoms with Gasteiger partial charge in [-0.2, -0.15) is 13.1 Å². The predicted molar refractivity (Wildman–Crippen MR) is 102 cm³/mol. The third-order valence-electron chi connectivity index (χ3n) is 3.51. The largest absolute Gasteiger partial charge is 0.325 e. The van der Waals surface area contributed by atoms with E-state index in [-0.39, 0.29) is 22.0 Å². The number of fused-ring (bicyclic) bond motifs is 1. The molecule has 26 heavy (non-hydrogen) atoms. The third kappa shape index (κ3) is 3.81. The van der Waals surface area contributed by atoms with Gasteiger partial charge in [0, 0.05) is 12.7 Å². The van der Waals surface area contributed by atoms with Gasteiger partial charge in [0.15, 0.2) is 0 Å². The molecule has 11 heteroatoms. The van der Waals surface area contributed by atoms with Crippen molar-refractivity contribution in [3.05, 3.63) is 46.4 Å². The maximum Gasteiger partial charge on any atom is 0.245 e. The molecule has 0 atom stereocenters. The van der Waals surface area contributed by atoms with E-state index >= 15 is 0 Å². The summed E-state index contributed by atoms with van der Waals surface area (Å²) in [5.41, 5.74) is 1.19. The molecular formula is C15H12Cl2N4O3S2. The Morgan fingerprint density at radius 1 is 1.19 bits per heavy atom. The van der Waals surface area contributed by atoms with Crippen molar-refractivity contribution in [3.8, 4) is 0 Å². The quantitative estimate of drug-likeness (QED) is 0.670. The number of likely N-dealkylation sites (N-methyl/N-ethyl adjacent to an activating group) is 1. The average molecular weight is 431 g/mol. The van der Waals surface area contributed by atoms with E-state index in [9.17, 15) is 13.2 Å². The molecule has 0 unspecified atom stereocenters. The van der Waals surface area contributed by atoms with Crippen molar-refractivity contribution in [1.29, 1.82) is 0 Å². The summed E-state index contributed by atoms with van der Waals surface area (Å²) in [6, 6.07) is 9.29. The predicted octanol–water partition coefficient (Wildman–Crippen LogP) is 3.26. The number of nitrogens with zero attached hydrogens (tertiary/aromatic N) is 3. The highest BCUT2D eigenvalue weighted by Crippen LogP contribution is 2.26. The zero-order valence-electron chi connectivity index (χ0n) is 13.3. The fourth-order valence-corrected chi connectivity index (χ4v) is 4.39. The number of anilines is 1. The van der Waals surface area contributed by atoms with E-state index in [1.807, 2.05) is 0 Å². The molecule has 0 fully saturated rings. The molecule has 0 aliphatic heterocycles. The summed E-state index contributed by atoms with van der Waals surface area (Å²) in [6.07, 6.45) is 0. The number of benzene rings is 2. The second-order valence-corrected chi connectivity index (χ2v) is 8.68. The minimum absolute atomic E-state index is 0.00795. The first-order chi connectivity index (χ1) is 12.3. The summed E-state index contributed by atoms with van der Waals surface area (Å²) in [5, 5.41) is 3.22. The lowest BCUT2D eigenvalue weighted by atomic mass is 10.3.